The molecule has 23 heavy (non-hydrogen) atoms. The minimum atomic E-state index is -3.20. The number of halogens is 1. The molecule has 2 aromatic heterocycles. The van der Waals surface area contributed by atoms with Crippen LogP contribution in [0, 0.1) is 0 Å². The first kappa shape index (κ1) is 14.9. The Kier molecular flexibility index (Phi) is 3.33. The van der Waals surface area contributed by atoms with E-state index in [1.165, 1.54) is 17.6 Å². The molecule has 4 rings (SSSR count). The Labute approximate surface area is 145 Å². The molecule has 0 N–H and O–H groups in total. The molecule has 0 saturated heterocycles. The number of sulfone groups is 1. The number of imidazole rings is 1. The van der Waals surface area contributed by atoms with E-state index >= 15 is 0 Å². The maximum absolute atomic E-state index is 11.7. The fourth-order valence-corrected chi connectivity index (χ4v) is 4.67. The zero-order chi connectivity index (χ0) is 16.2. The average Bonchev–Trinajstić information content (AvgIpc) is 3.03. The minimum Gasteiger partial charge on any atom is -0.290 e. The summed E-state index contributed by atoms with van der Waals surface area (Å²) < 4.78 is 27.3. The third kappa shape index (κ3) is 2.58. The summed E-state index contributed by atoms with van der Waals surface area (Å²) >= 11 is 4.96. The van der Waals surface area contributed by atoms with Crippen molar-refractivity contribution in [2.75, 3.05) is 6.26 Å². The van der Waals surface area contributed by atoms with E-state index in [0.717, 1.165) is 30.9 Å². The van der Waals surface area contributed by atoms with E-state index in [2.05, 4.69) is 20.9 Å². The van der Waals surface area contributed by atoms with Gasteiger partial charge in [-0.05, 0) is 30.3 Å². The highest BCUT2D eigenvalue weighted by Crippen LogP contribution is 2.31. The molecular weight excluding hydrogens is 396 g/mol. The molecular formula is C16H11BrN2O2S2. The predicted molar refractivity (Wildman–Crippen MR) is 96.8 cm³/mol. The maximum Gasteiger partial charge on any atom is 0.195 e. The smallest absolute Gasteiger partial charge is 0.195 e. The number of rotatable bonds is 2. The average molecular weight is 407 g/mol. The fourth-order valence-electron chi connectivity index (χ4n) is 2.50. The second-order valence-corrected chi connectivity index (χ2v) is 9.23. The summed E-state index contributed by atoms with van der Waals surface area (Å²) in [5.74, 6) is 0. The van der Waals surface area contributed by atoms with Crippen LogP contribution < -0.4 is 0 Å². The molecule has 116 valence electrons. The normalized spacial score (nSPS) is 12.3. The first-order valence-corrected chi connectivity index (χ1v) is 10.3. The third-order valence-corrected chi connectivity index (χ3v) is 6.24. The highest BCUT2D eigenvalue weighted by atomic mass is 79.9. The Balaban J connectivity index is 1.91. The van der Waals surface area contributed by atoms with Crippen molar-refractivity contribution in [1.82, 2.24) is 9.38 Å². The van der Waals surface area contributed by atoms with Gasteiger partial charge in [-0.3, -0.25) is 4.40 Å². The van der Waals surface area contributed by atoms with Crippen molar-refractivity contribution < 1.29 is 8.42 Å². The summed E-state index contributed by atoms with van der Waals surface area (Å²) in [7, 11) is -3.20. The van der Waals surface area contributed by atoms with Crippen LogP contribution in [0.3, 0.4) is 0 Å². The monoisotopic (exact) mass is 406 g/mol. The first-order valence-electron chi connectivity index (χ1n) is 6.79. The Morgan fingerprint density at radius 1 is 1.17 bits per heavy atom. The molecule has 2 aromatic carbocycles. The second-order valence-electron chi connectivity index (χ2n) is 5.29. The summed E-state index contributed by atoms with van der Waals surface area (Å²) in [5.41, 5.74) is 2.90. The molecule has 0 aliphatic carbocycles. The summed E-state index contributed by atoms with van der Waals surface area (Å²) in [5, 5.41) is 0. The molecule has 0 spiro atoms. The van der Waals surface area contributed by atoms with Gasteiger partial charge in [-0.25, -0.2) is 13.4 Å². The molecule has 4 nitrogen and oxygen atoms in total. The van der Waals surface area contributed by atoms with Gasteiger partial charge in [0.25, 0.3) is 0 Å². The Morgan fingerprint density at radius 3 is 2.74 bits per heavy atom. The van der Waals surface area contributed by atoms with Gasteiger partial charge in [0.05, 0.1) is 20.8 Å². The van der Waals surface area contributed by atoms with Gasteiger partial charge < -0.3 is 0 Å². The molecule has 2 heterocycles. The molecule has 0 fully saturated rings. The Hall–Kier alpha value is -1.70. The van der Waals surface area contributed by atoms with Crippen LogP contribution in [0.2, 0.25) is 0 Å². The lowest BCUT2D eigenvalue weighted by atomic mass is 10.2. The standard InChI is InChI=1S/C16H11BrN2O2S2/c1-23(20,21)12-5-6-14-15(8-12)22-16-18-13(9-19(14)16)10-3-2-4-11(17)7-10/h2-9H,1H3. The summed E-state index contributed by atoms with van der Waals surface area (Å²) in [6.07, 6.45) is 3.20. The van der Waals surface area contributed by atoms with Crippen LogP contribution in [0.1, 0.15) is 0 Å². The first-order chi connectivity index (χ1) is 10.9. The maximum atomic E-state index is 11.7. The minimum absolute atomic E-state index is 0.335. The van der Waals surface area contributed by atoms with E-state index < -0.39 is 9.84 Å². The van der Waals surface area contributed by atoms with E-state index in [9.17, 15) is 8.42 Å². The number of hydrogen-bond acceptors (Lipinski definition) is 4. The van der Waals surface area contributed by atoms with Gasteiger partial charge in [-0.2, -0.15) is 0 Å². The van der Waals surface area contributed by atoms with Crippen molar-refractivity contribution >= 4 is 52.3 Å². The molecule has 0 bridgehead atoms. The SMILES string of the molecule is CS(=O)(=O)c1ccc2c(c1)sc1nc(-c3cccc(Br)c3)cn12. The van der Waals surface area contributed by atoms with E-state index in [-0.39, 0.29) is 0 Å². The largest absolute Gasteiger partial charge is 0.290 e. The molecule has 0 aliphatic rings. The topological polar surface area (TPSA) is 51.4 Å². The van der Waals surface area contributed by atoms with E-state index in [1.807, 2.05) is 40.9 Å². The lowest BCUT2D eigenvalue weighted by Crippen LogP contribution is -1.96. The van der Waals surface area contributed by atoms with Gasteiger partial charge in [0, 0.05) is 22.5 Å². The van der Waals surface area contributed by atoms with Crippen molar-refractivity contribution in [1.29, 1.82) is 0 Å². The highest BCUT2D eigenvalue weighted by molar-refractivity contribution is 9.10. The molecule has 0 amide bonds. The van der Waals surface area contributed by atoms with E-state index in [0.29, 0.717) is 4.90 Å². The molecule has 0 radical (unpaired) electrons. The van der Waals surface area contributed by atoms with Crippen molar-refractivity contribution in [2.24, 2.45) is 0 Å². The molecule has 0 saturated carbocycles. The zero-order valence-corrected chi connectivity index (χ0v) is 15.2. The molecule has 7 heteroatoms. The van der Waals surface area contributed by atoms with Crippen molar-refractivity contribution in [3.8, 4) is 11.3 Å². The summed E-state index contributed by atoms with van der Waals surface area (Å²) in [6, 6.07) is 13.2. The number of fused-ring (bicyclic) bond motifs is 3. The Morgan fingerprint density at radius 2 is 2.00 bits per heavy atom. The number of nitrogens with zero attached hydrogens (tertiary/aromatic N) is 2. The second kappa shape index (κ2) is 5.15. The lowest BCUT2D eigenvalue weighted by molar-refractivity contribution is 0.602. The zero-order valence-electron chi connectivity index (χ0n) is 12.0. The van der Waals surface area contributed by atoms with Crippen LogP contribution in [-0.4, -0.2) is 24.1 Å². The van der Waals surface area contributed by atoms with Crippen molar-refractivity contribution in [3.63, 3.8) is 0 Å². The van der Waals surface area contributed by atoms with Crippen LogP contribution in [0.15, 0.2) is 58.0 Å². The molecule has 4 aromatic rings. The van der Waals surface area contributed by atoms with Crippen LogP contribution in [-0.2, 0) is 9.84 Å². The van der Waals surface area contributed by atoms with Crippen molar-refractivity contribution in [2.45, 2.75) is 4.90 Å². The van der Waals surface area contributed by atoms with Crippen LogP contribution in [0.4, 0.5) is 0 Å². The molecule has 0 atom stereocenters. The molecule has 0 unspecified atom stereocenters. The predicted octanol–water partition coefficient (Wildman–Crippen LogP) is 4.38. The van der Waals surface area contributed by atoms with Gasteiger partial charge >= 0.3 is 0 Å². The van der Waals surface area contributed by atoms with E-state index in [4.69, 9.17) is 0 Å². The summed E-state index contributed by atoms with van der Waals surface area (Å²) in [6.45, 7) is 0. The fraction of sp³-hybridized carbons (Fsp3) is 0.0625. The van der Waals surface area contributed by atoms with Gasteiger partial charge in [0.15, 0.2) is 14.8 Å². The number of aromatic nitrogens is 2. The van der Waals surface area contributed by atoms with Crippen LogP contribution in [0.5, 0.6) is 0 Å². The third-order valence-electron chi connectivity index (χ3n) is 3.61. The number of thiazole rings is 1. The van der Waals surface area contributed by atoms with Crippen LogP contribution in [0.25, 0.3) is 26.4 Å². The van der Waals surface area contributed by atoms with Gasteiger partial charge in [0.1, 0.15) is 0 Å². The number of hydrogen-bond donors (Lipinski definition) is 0. The summed E-state index contributed by atoms with van der Waals surface area (Å²) in [4.78, 5) is 5.85. The van der Waals surface area contributed by atoms with Gasteiger partial charge in [-0.1, -0.05) is 39.4 Å². The Bertz CT molecular complexity index is 1160. The van der Waals surface area contributed by atoms with Gasteiger partial charge in [0.2, 0.25) is 0 Å². The number of benzene rings is 2. The van der Waals surface area contributed by atoms with Crippen molar-refractivity contribution in [3.05, 3.63) is 53.1 Å². The lowest BCUT2D eigenvalue weighted by Gasteiger charge is -1.98. The molecule has 0 aliphatic heterocycles. The van der Waals surface area contributed by atoms with E-state index in [1.54, 1.807) is 12.1 Å². The highest BCUT2D eigenvalue weighted by Gasteiger charge is 2.13. The van der Waals surface area contributed by atoms with Crippen LogP contribution >= 0.6 is 27.3 Å². The van der Waals surface area contributed by atoms with Gasteiger partial charge in [-0.15, -0.1) is 0 Å². The quantitative estimate of drug-likeness (QED) is 0.496.